The highest BCUT2D eigenvalue weighted by Gasteiger charge is 2.34. The number of sulfonamides is 1. The van der Waals surface area contributed by atoms with E-state index in [-0.39, 0.29) is 16.9 Å². The second-order valence-corrected chi connectivity index (χ2v) is 13.8. The van der Waals surface area contributed by atoms with Crippen molar-refractivity contribution in [1.82, 2.24) is 19.7 Å². The molecule has 0 bridgehead atoms. The van der Waals surface area contributed by atoms with Crippen LogP contribution >= 0.6 is 15.9 Å². The van der Waals surface area contributed by atoms with Gasteiger partial charge >= 0.3 is 6.36 Å². The summed E-state index contributed by atoms with van der Waals surface area (Å²) < 4.78 is 71.1. The standard InChI is InChI=1S/C31H34BrF3N6O3S/c1-41(17-15-24-6-4-5-16-36-24)29-25-7-2-3-8-26(25)39-30(40-29)37-19-21-9-11-22(12-10-21)20-38-45(42,43)28-14-13-23(32)18-27(28)44-31(33,34)35/h2-8,13-14,16,18,21-22,38H,9-12,15,17,19-20H2,1H3,(H,37,39,40)/t21-,22-. The molecule has 1 aliphatic carbocycles. The van der Waals surface area contributed by atoms with E-state index in [1.807, 2.05) is 49.5 Å². The number of rotatable bonds is 12. The van der Waals surface area contributed by atoms with Crippen LogP contribution in [0.1, 0.15) is 31.4 Å². The van der Waals surface area contributed by atoms with Crippen LogP contribution in [0, 0.1) is 11.8 Å². The lowest BCUT2D eigenvalue weighted by Gasteiger charge is -2.29. The van der Waals surface area contributed by atoms with Crippen molar-refractivity contribution in [2.24, 2.45) is 11.8 Å². The van der Waals surface area contributed by atoms with E-state index in [1.165, 1.54) is 6.07 Å². The van der Waals surface area contributed by atoms with Gasteiger partial charge in [0.15, 0.2) is 5.75 Å². The molecule has 240 valence electrons. The molecule has 5 rings (SSSR count). The molecule has 14 heteroatoms. The lowest BCUT2D eigenvalue weighted by molar-refractivity contribution is -0.275. The normalized spacial score (nSPS) is 17.3. The van der Waals surface area contributed by atoms with Gasteiger partial charge in [-0.2, -0.15) is 4.98 Å². The molecule has 9 nitrogen and oxygen atoms in total. The number of nitrogens with zero attached hydrogens (tertiary/aromatic N) is 4. The Bertz CT molecular complexity index is 1700. The number of para-hydroxylation sites is 1. The number of aromatic nitrogens is 3. The molecule has 4 aromatic rings. The first kappa shape index (κ1) is 32.9. The van der Waals surface area contributed by atoms with Crippen LogP contribution < -0.4 is 19.7 Å². The Kier molecular flexibility index (Phi) is 10.4. The lowest BCUT2D eigenvalue weighted by atomic mass is 9.82. The second-order valence-electron chi connectivity index (χ2n) is 11.1. The number of benzene rings is 2. The molecular weight excluding hydrogens is 673 g/mol. The fraction of sp³-hybridized carbons (Fsp3) is 0.387. The van der Waals surface area contributed by atoms with E-state index in [4.69, 9.17) is 9.97 Å². The third kappa shape index (κ3) is 9.04. The monoisotopic (exact) mass is 706 g/mol. The number of anilines is 2. The van der Waals surface area contributed by atoms with E-state index in [0.717, 1.165) is 73.2 Å². The molecule has 0 aliphatic heterocycles. The van der Waals surface area contributed by atoms with Gasteiger partial charge < -0.3 is 15.0 Å². The summed E-state index contributed by atoms with van der Waals surface area (Å²) in [5, 5.41) is 4.38. The summed E-state index contributed by atoms with van der Waals surface area (Å²) >= 11 is 3.06. The summed E-state index contributed by atoms with van der Waals surface area (Å²) in [4.78, 5) is 15.6. The maximum atomic E-state index is 12.9. The van der Waals surface area contributed by atoms with Crippen LogP contribution in [0.2, 0.25) is 0 Å². The zero-order valence-corrected chi connectivity index (χ0v) is 27.0. The topological polar surface area (TPSA) is 109 Å². The Balaban J connectivity index is 1.15. The average Bonchev–Trinajstić information content (AvgIpc) is 3.01. The number of nitrogens with one attached hydrogen (secondary N) is 2. The Morgan fingerprint density at radius 3 is 2.40 bits per heavy atom. The van der Waals surface area contributed by atoms with E-state index < -0.39 is 27.0 Å². The molecule has 2 heterocycles. The molecule has 0 atom stereocenters. The number of hydrogen-bond donors (Lipinski definition) is 2. The number of alkyl halides is 3. The molecule has 1 fully saturated rings. The highest BCUT2D eigenvalue weighted by atomic mass is 79.9. The summed E-state index contributed by atoms with van der Waals surface area (Å²) in [7, 11) is -2.21. The molecule has 2 N–H and O–H groups in total. The third-order valence-electron chi connectivity index (χ3n) is 7.87. The summed E-state index contributed by atoms with van der Waals surface area (Å²) in [5.41, 5.74) is 1.86. The fourth-order valence-corrected chi connectivity index (χ4v) is 7.02. The molecule has 0 amide bonds. The van der Waals surface area contributed by atoms with Crippen molar-refractivity contribution in [2.45, 2.75) is 43.4 Å². The largest absolute Gasteiger partial charge is 0.573 e. The molecule has 45 heavy (non-hydrogen) atoms. The Labute approximate surface area is 268 Å². The fourth-order valence-electron chi connectivity index (χ4n) is 5.45. The van der Waals surface area contributed by atoms with Crippen molar-refractivity contribution in [2.75, 3.05) is 36.9 Å². The lowest BCUT2D eigenvalue weighted by Crippen LogP contribution is -2.33. The van der Waals surface area contributed by atoms with Gasteiger partial charge in [0.1, 0.15) is 10.7 Å². The molecular formula is C31H34BrF3N6O3S. The molecule has 1 aliphatic rings. The first-order valence-electron chi connectivity index (χ1n) is 14.6. The predicted molar refractivity (Wildman–Crippen MR) is 171 cm³/mol. The molecule has 0 spiro atoms. The third-order valence-corrected chi connectivity index (χ3v) is 9.83. The molecule has 2 aromatic carbocycles. The van der Waals surface area contributed by atoms with E-state index in [1.54, 1.807) is 6.20 Å². The van der Waals surface area contributed by atoms with Crippen molar-refractivity contribution in [3.05, 3.63) is 77.0 Å². The maximum Gasteiger partial charge on any atom is 0.573 e. The van der Waals surface area contributed by atoms with Crippen LogP contribution in [0.3, 0.4) is 0 Å². The van der Waals surface area contributed by atoms with Crippen molar-refractivity contribution < 1.29 is 26.3 Å². The first-order chi connectivity index (χ1) is 21.5. The zero-order chi connectivity index (χ0) is 32.0. The Morgan fingerprint density at radius 2 is 1.69 bits per heavy atom. The van der Waals surface area contributed by atoms with Crippen LogP contribution in [-0.4, -0.2) is 56.4 Å². The molecule has 0 radical (unpaired) electrons. The van der Waals surface area contributed by atoms with Gasteiger partial charge in [0, 0.05) is 54.9 Å². The molecule has 0 saturated heterocycles. The SMILES string of the molecule is CN(CCc1ccccn1)c1nc(NC[C@H]2CC[C@H](CNS(=O)(=O)c3ccc(Br)cc3OC(F)(F)F)CC2)nc2ccccc12. The predicted octanol–water partition coefficient (Wildman–Crippen LogP) is 6.56. The minimum Gasteiger partial charge on any atom is -0.404 e. The van der Waals surface area contributed by atoms with Crippen molar-refractivity contribution in [3.8, 4) is 5.75 Å². The summed E-state index contributed by atoms with van der Waals surface area (Å²) in [6.07, 6.45) is 0.841. The van der Waals surface area contributed by atoms with Gasteiger partial charge in [0.2, 0.25) is 16.0 Å². The average molecular weight is 708 g/mol. The summed E-state index contributed by atoms with van der Waals surface area (Å²) in [6.45, 7) is 1.54. The highest BCUT2D eigenvalue weighted by molar-refractivity contribution is 9.10. The number of pyridine rings is 1. The molecule has 1 saturated carbocycles. The van der Waals surface area contributed by atoms with Gasteiger partial charge in [-0.25, -0.2) is 18.1 Å². The van der Waals surface area contributed by atoms with Gasteiger partial charge in [-0.3, -0.25) is 4.98 Å². The number of ether oxygens (including phenoxy) is 1. The van der Waals surface area contributed by atoms with E-state index in [0.29, 0.717) is 18.4 Å². The van der Waals surface area contributed by atoms with E-state index in [2.05, 4.69) is 40.6 Å². The molecule has 2 aromatic heterocycles. The smallest absolute Gasteiger partial charge is 0.404 e. The van der Waals surface area contributed by atoms with Crippen LogP contribution in [0.15, 0.2) is 76.2 Å². The quantitative estimate of drug-likeness (QED) is 0.171. The van der Waals surface area contributed by atoms with Crippen LogP contribution in [0.4, 0.5) is 24.9 Å². The summed E-state index contributed by atoms with van der Waals surface area (Å²) in [5.74, 6) is 1.02. The van der Waals surface area contributed by atoms with Gasteiger partial charge in [-0.15, -0.1) is 13.2 Å². The Hall–Kier alpha value is -3.49. The van der Waals surface area contributed by atoms with Gasteiger partial charge in [-0.1, -0.05) is 34.1 Å². The summed E-state index contributed by atoms with van der Waals surface area (Å²) in [6, 6.07) is 17.2. The van der Waals surface area contributed by atoms with Crippen LogP contribution in [-0.2, 0) is 16.4 Å². The molecule has 0 unspecified atom stereocenters. The number of likely N-dealkylation sites (N-methyl/N-ethyl adjacent to an activating group) is 1. The van der Waals surface area contributed by atoms with E-state index in [9.17, 15) is 21.6 Å². The van der Waals surface area contributed by atoms with Gasteiger partial charge in [-0.05, 0) is 80.0 Å². The second kappa shape index (κ2) is 14.3. The van der Waals surface area contributed by atoms with Gasteiger partial charge in [0.25, 0.3) is 0 Å². The number of fused-ring (bicyclic) bond motifs is 1. The van der Waals surface area contributed by atoms with Gasteiger partial charge in [0.05, 0.1) is 5.52 Å². The van der Waals surface area contributed by atoms with Crippen molar-refractivity contribution in [1.29, 1.82) is 0 Å². The highest BCUT2D eigenvalue weighted by Crippen LogP contribution is 2.33. The van der Waals surface area contributed by atoms with Crippen LogP contribution in [0.5, 0.6) is 5.75 Å². The van der Waals surface area contributed by atoms with E-state index >= 15 is 0 Å². The first-order valence-corrected chi connectivity index (χ1v) is 16.9. The Morgan fingerprint density at radius 1 is 0.978 bits per heavy atom. The minimum absolute atomic E-state index is 0.0646. The van der Waals surface area contributed by atoms with Crippen molar-refractivity contribution in [3.63, 3.8) is 0 Å². The van der Waals surface area contributed by atoms with Crippen molar-refractivity contribution >= 4 is 48.6 Å². The maximum absolute atomic E-state index is 12.9. The van der Waals surface area contributed by atoms with Crippen LogP contribution in [0.25, 0.3) is 10.9 Å². The number of halogens is 4. The zero-order valence-electron chi connectivity index (χ0n) is 24.6. The number of hydrogen-bond acceptors (Lipinski definition) is 8. The minimum atomic E-state index is -5.02.